The molecule has 0 unspecified atom stereocenters. The first kappa shape index (κ1) is 17.8. The normalized spacial score (nSPS) is 10.8. The van der Waals surface area contributed by atoms with Crippen molar-refractivity contribution in [3.05, 3.63) is 108 Å². The van der Waals surface area contributed by atoms with E-state index in [0.29, 0.717) is 12.1 Å². The number of hydrogen-bond acceptors (Lipinski definition) is 2. The van der Waals surface area contributed by atoms with E-state index in [2.05, 4.69) is 19.4 Å². The Balaban J connectivity index is 1.47. The van der Waals surface area contributed by atoms with Crippen molar-refractivity contribution < 1.29 is 4.79 Å². The van der Waals surface area contributed by atoms with Gasteiger partial charge in [-0.15, -0.1) is 0 Å². The van der Waals surface area contributed by atoms with Crippen molar-refractivity contribution in [2.45, 2.75) is 20.0 Å². The number of carbonyl (C=O) groups excluding carboxylic acids is 1. The van der Waals surface area contributed by atoms with Gasteiger partial charge in [-0.3, -0.25) is 4.79 Å². The molecule has 4 rings (SSSR count). The quantitative estimate of drug-likeness (QED) is 0.549. The van der Waals surface area contributed by atoms with Gasteiger partial charge in [0, 0.05) is 42.6 Å². The van der Waals surface area contributed by atoms with E-state index in [1.165, 1.54) is 0 Å². The number of nitrogens with zero attached hydrogens (tertiary/aromatic N) is 3. The van der Waals surface area contributed by atoms with Gasteiger partial charge in [-0.2, -0.15) is 0 Å². The third-order valence-electron chi connectivity index (χ3n) is 4.78. The van der Waals surface area contributed by atoms with Gasteiger partial charge in [-0.05, 0) is 48.4 Å². The SMILES string of the molecule is Cc1nccn1Cc1ccccc1NC(=O)c1ccc(Cn2cccc2)cc1. The topological polar surface area (TPSA) is 51.9 Å². The average Bonchev–Trinajstić information content (AvgIpc) is 3.36. The molecule has 2 heterocycles. The Labute approximate surface area is 164 Å². The van der Waals surface area contributed by atoms with Crippen molar-refractivity contribution in [1.29, 1.82) is 0 Å². The average molecular weight is 370 g/mol. The lowest BCUT2D eigenvalue weighted by Gasteiger charge is -2.13. The van der Waals surface area contributed by atoms with E-state index in [4.69, 9.17) is 0 Å². The maximum Gasteiger partial charge on any atom is 0.255 e. The number of benzene rings is 2. The maximum absolute atomic E-state index is 12.7. The minimum Gasteiger partial charge on any atom is -0.350 e. The molecule has 0 aliphatic heterocycles. The first-order valence-corrected chi connectivity index (χ1v) is 9.26. The summed E-state index contributed by atoms with van der Waals surface area (Å²) in [6.07, 6.45) is 7.78. The highest BCUT2D eigenvalue weighted by atomic mass is 16.1. The number of carbonyl (C=O) groups is 1. The van der Waals surface area contributed by atoms with E-state index < -0.39 is 0 Å². The number of para-hydroxylation sites is 1. The number of amides is 1. The molecule has 140 valence electrons. The van der Waals surface area contributed by atoms with Crippen molar-refractivity contribution >= 4 is 11.6 Å². The zero-order valence-corrected chi connectivity index (χ0v) is 15.7. The summed E-state index contributed by atoms with van der Waals surface area (Å²) in [4.78, 5) is 17.0. The van der Waals surface area contributed by atoms with Crippen LogP contribution in [0, 0.1) is 6.92 Å². The van der Waals surface area contributed by atoms with E-state index in [-0.39, 0.29) is 5.91 Å². The van der Waals surface area contributed by atoms with Crippen LogP contribution in [-0.4, -0.2) is 20.0 Å². The standard InChI is InChI=1S/C23H22N4O/c1-18-24-12-15-27(18)17-21-6-2-3-7-22(21)25-23(28)20-10-8-19(9-11-20)16-26-13-4-5-14-26/h2-15H,16-17H2,1H3,(H,25,28). The lowest BCUT2D eigenvalue weighted by molar-refractivity contribution is 0.102. The number of imidazole rings is 1. The van der Waals surface area contributed by atoms with Gasteiger partial charge in [0.1, 0.15) is 5.82 Å². The molecule has 0 saturated heterocycles. The Hall–Kier alpha value is -3.60. The minimum absolute atomic E-state index is 0.109. The lowest BCUT2D eigenvalue weighted by atomic mass is 10.1. The molecule has 0 fully saturated rings. The molecule has 2 aromatic carbocycles. The lowest BCUT2D eigenvalue weighted by Crippen LogP contribution is -2.14. The van der Waals surface area contributed by atoms with Crippen LogP contribution in [0.3, 0.4) is 0 Å². The van der Waals surface area contributed by atoms with Gasteiger partial charge in [0.15, 0.2) is 0 Å². The van der Waals surface area contributed by atoms with Crippen LogP contribution in [0.4, 0.5) is 5.69 Å². The zero-order valence-electron chi connectivity index (χ0n) is 15.7. The van der Waals surface area contributed by atoms with Crippen molar-refractivity contribution in [3.8, 4) is 0 Å². The van der Waals surface area contributed by atoms with Crippen LogP contribution in [0.15, 0.2) is 85.5 Å². The summed E-state index contributed by atoms with van der Waals surface area (Å²) >= 11 is 0. The molecule has 5 nitrogen and oxygen atoms in total. The van der Waals surface area contributed by atoms with Crippen molar-refractivity contribution in [3.63, 3.8) is 0 Å². The van der Waals surface area contributed by atoms with Crippen molar-refractivity contribution in [1.82, 2.24) is 14.1 Å². The molecule has 0 radical (unpaired) electrons. The highest BCUT2D eigenvalue weighted by molar-refractivity contribution is 6.04. The molecule has 2 aromatic heterocycles. The molecule has 5 heteroatoms. The van der Waals surface area contributed by atoms with Crippen LogP contribution < -0.4 is 5.32 Å². The van der Waals surface area contributed by atoms with Gasteiger partial charge >= 0.3 is 0 Å². The van der Waals surface area contributed by atoms with Gasteiger partial charge in [-0.25, -0.2) is 4.98 Å². The van der Waals surface area contributed by atoms with Gasteiger partial charge in [0.25, 0.3) is 5.91 Å². The smallest absolute Gasteiger partial charge is 0.255 e. The second kappa shape index (κ2) is 7.96. The highest BCUT2D eigenvalue weighted by Crippen LogP contribution is 2.18. The molecule has 0 aliphatic carbocycles. The van der Waals surface area contributed by atoms with Crippen LogP contribution in [0.5, 0.6) is 0 Å². The van der Waals surface area contributed by atoms with Crippen LogP contribution in [0.25, 0.3) is 0 Å². The van der Waals surface area contributed by atoms with E-state index in [9.17, 15) is 4.79 Å². The zero-order chi connectivity index (χ0) is 19.3. The highest BCUT2D eigenvalue weighted by Gasteiger charge is 2.10. The third-order valence-corrected chi connectivity index (χ3v) is 4.78. The molecule has 28 heavy (non-hydrogen) atoms. The molecule has 4 aromatic rings. The van der Waals surface area contributed by atoms with Crippen LogP contribution in [0.1, 0.15) is 27.3 Å². The molecule has 1 N–H and O–H groups in total. The minimum atomic E-state index is -0.109. The maximum atomic E-state index is 12.7. The molecular weight excluding hydrogens is 348 g/mol. The number of nitrogens with one attached hydrogen (secondary N) is 1. The molecule has 0 spiro atoms. The second-order valence-electron chi connectivity index (χ2n) is 6.77. The third kappa shape index (κ3) is 4.04. The number of anilines is 1. The summed E-state index contributed by atoms with van der Waals surface area (Å²) in [5.41, 5.74) is 3.66. The number of aromatic nitrogens is 3. The van der Waals surface area contributed by atoms with E-state index in [1.54, 1.807) is 6.20 Å². The van der Waals surface area contributed by atoms with Gasteiger partial charge in [0.2, 0.25) is 0 Å². The Kier molecular flexibility index (Phi) is 5.06. The van der Waals surface area contributed by atoms with Crippen molar-refractivity contribution in [2.75, 3.05) is 5.32 Å². The predicted octanol–water partition coefficient (Wildman–Crippen LogP) is 4.34. The van der Waals surface area contributed by atoms with Gasteiger partial charge in [-0.1, -0.05) is 30.3 Å². The second-order valence-corrected chi connectivity index (χ2v) is 6.77. The fourth-order valence-corrected chi connectivity index (χ4v) is 3.18. The van der Waals surface area contributed by atoms with E-state index in [1.807, 2.05) is 86.2 Å². The Morgan fingerprint density at radius 3 is 2.39 bits per heavy atom. The Bertz CT molecular complexity index is 1060. The fraction of sp³-hybridized carbons (Fsp3) is 0.130. The molecular formula is C23H22N4O. The molecule has 0 atom stereocenters. The van der Waals surface area contributed by atoms with Gasteiger partial charge < -0.3 is 14.5 Å². The number of aryl methyl sites for hydroxylation is 1. The van der Waals surface area contributed by atoms with Gasteiger partial charge in [0.05, 0.1) is 6.54 Å². The Morgan fingerprint density at radius 1 is 0.929 bits per heavy atom. The molecule has 0 bridgehead atoms. The van der Waals surface area contributed by atoms with Crippen LogP contribution in [-0.2, 0) is 13.1 Å². The Morgan fingerprint density at radius 2 is 1.68 bits per heavy atom. The summed E-state index contributed by atoms with van der Waals surface area (Å²) < 4.78 is 4.16. The summed E-state index contributed by atoms with van der Waals surface area (Å²) in [6.45, 7) is 3.43. The predicted molar refractivity (Wildman–Crippen MR) is 110 cm³/mol. The summed E-state index contributed by atoms with van der Waals surface area (Å²) in [7, 11) is 0. The fourth-order valence-electron chi connectivity index (χ4n) is 3.18. The van der Waals surface area contributed by atoms with Crippen LogP contribution in [0.2, 0.25) is 0 Å². The largest absolute Gasteiger partial charge is 0.350 e. The monoisotopic (exact) mass is 370 g/mol. The number of hydrogen-bond donors (Lipinski definition) is 1. The first-order valence-electron chi connectivity index (χ1n) is 9.26. The molecule has 0 aliphatic rings. The van der Waals surface area contributed by atoms with Crippen LogP contribution >= 0.6 is 0 Å². The first-order chi connectivity index (χ1) is 13.7. The van der Waals surface area contributed by atoms with E-state index >= 15 is 0 Å². The van der Waals surface area contributed by atoms with Crippen molar-refractivity contribution in [2.24, 2.45) is 0 Å². The summed E-state index contributed by atoms with van der Waals surface area (Å²) in [6, 6.07) is 19.6. The molecule has 1 amide bonds. The molecule has 0 saturated carbocycles. The van der Waals surface area contributed by atoms with E-state index in [0.717, 1.165) is 29.2 Å². The summed E-state index contributed by atoms with van der Waals surface area (Å²) in [5, 5.41) is 3.05. The number of rotatable bonds is 6. The summed E-state index contributed by atoms with van der Waals surface area (Å²) in [5.74, 6) is 0.835.